The molecule has 0 spiro atoms. The number of nitrogens with zero attached hydrogens (tertiary/aromatic N) is 3. The van der Waals surface area contributed by atoms with Crippen molar-refractivity contribution in [3.63, 3.8) is 0 Å². The van der Waals surface area contributed by atoms with E-state index >= 15 is 0 Å². The smallest absolute Gasteiger partial charge is 0.410 e. The summed E-state index contributed by atoms with van der Waals surface area (Å²) in [6.07, 6.45) is 0.622. The highest BCUT2D eigenvalue weighted by Crippen LogP contribution is 2.35. The van der Waals surface area contributed by atoms with Gasteiger partial charge in [0.25, 0.3) is 0 Å². The fourth-order valence-electron chi connectivity index (χ4n) is 3.19. The van der Waals surface area contributed by atoms with E-state index in [0.29, 0.717) is 10.2 Å². The minimum Gasteiger partial charge on any atom is -0.444 e. The lowest BCUT2D eigenvalue weighted by molar-refractivity contribution is -0.0225. The van der Waals surface area contributed by atoms with Crippen LogP contribution >= 0.6 is 27.5 Å². The van der Waals surface area contributed by atoms with Gasteiger partial charge in [0, 0.05) is 20.2 Å². The second-order valence-corrected chi connectivity index (χ2v) is 10.7. The van der Waals surface area contributed by atoms with E-state index in [4.69, 9.17) is 21.1 Å². The van der Waals surface area contributed by atoms with Gasteiger partial charge in [-0.05, 0) is 54.4 Å². The SMILES string of the molecule is COCC1C(c2cc(Cl)nc(Br)c2)N(S(C)(=O)=O)CCN1C(=O)OC(C)(C)C. The number of ether oxygens (including phenoxy) is 2. The molecule has 2 heterocycles. The van der Waals surface area contributed by atoms with Crippen molar-refractivity contribution in [2.75, 3.05) is 33.1 Å². The molecule has 28 heavy (non-hydrogen) atoms. The number of sulfonamides is 1. The molecule has 1 aromatic heterocycles. The van der Waals surface area contributed by atoms with Crippen molar-refractivity contribution in [2.24, 2.45) is 0 Å². The Kier molecular flexibility index (Phi) is 7.36. The molecule has 1 aromatic rings. The van der Waals surface area contributed by atoms with E-state index in [1.165, 1.54) is 16.3 Å². The van der Waals surface area contributed by atoms with Gasteiger partial charge in [-0.25, -0.2) is 18.2 Å². The van der Waals surface area contributed by atoms with Crippen molar-refractivity contribution in [3.8, 4) is 0 Å². The Hall–Kier alpha value is -0.940. The minimum atomic E-state index is -3.56. The largest absolute Gasteiger partial charge is 0.444 e. The van der Waals surface area contributed by atoms with E-state index in [2.05, 4.69) is 20.9 Å². The third-order valence-corrected chi connectivity index (χ3v) is 6.02. The summed E-state index contributed by atoms with van der Waals surface area (Å²) in [5.74, 6) is 0. The molecule has 0 aliphatic carbocycles. The Morgan fingerprint density at radius 3 is 2.50 bits per heavy atom. The second-order valence-electron chi connectivity index (χ2n) is 7.56. The Balaban J connectivity index is 2.54. The Morgan fingerprint density at radius 1 is 1.36 bits per heavy atom. The van der Waals surface area contributed by atoms with E-state index in [9.17, 15) is 13.2 Å². The number of amides is 1. The van der Waals surface area contributed by atoms with Gasteiger partial charge >= 0.3 is 6.09 Å². The maximum absolute atomic E-state index is 12.8. The number of hydrogen-bond acceptors (Lipinski definition) is 6. The van der Waals surface area contributed by atoms with Gasteiger partial charge in [-0.2, -0.15) is 4.31 Å². The predicted octanol–water partition coefficient (Wildman–Crippen LogP) is 3.07. The van der Waals surface area contributed by atoms with Crippen LogP contribution in [0.1, 0.15) is 32.4 Å². The number of rotatable bonds is 4. The molecule has 1 aliphatic rings. The summed E-state index contributed by atoms with van der Waals surface area (Å²) in [5.41, 5.74) is -0.0751. The van der Waals surface area contributed by atoms with Crippen LogP contribution < -0.4 is 0 Å². The lowest BCUT2D eigenvalue weighted by Crippen LogP contribution is -2.60. The summed E-state index contributed by atoms with van der Waals surface area (Å²) in [6, 6.07) is 1.98. The Labute approximate surface area is 179 Å². The number of carbonyl (C=O) groups is 1. The fourth-order valence-corrected chi connectivity index (χ4v) is 5.05. The predicted molar refractivity (Wildman–Crippen MR) is 110 cm³/mol. The molecule has 0 bridgehead atoms. The van der Waals surface area contributed by atoms with Crippen LogP contribution in [0.3, 0.4) is 0 Å². The molecule has 8 nitrogen and oxygen atoms in total. The third kappa shape index (κ3) is 5.79. The van der Waals surface area contributed by atoms with Gasteiger partial charge < -0.3 is 9.47 Å². The molecule has 2 rings (SSSR count). The number of methoxy groups -OCH3 is 1. The molecule has 11 heteroatoms. The minimum absolute atomic E-state index is 0.119. The van der Waals surface area contributed by atoms with Crippen molar-refractivity contribution >= 4 is 43.6 Å². The molecule has 0 saturated carbocycles. The zero-order chi connectivity index (χ0) is 21.3. The summed E-state index contributed by atoms with van der Waals surface area (Å²) < 4.78 is 37.6. The van der Waals surface area contributed by atoms with Crippen LogP contribution in [0.4, 0.5) is 4.79 Å². The molecule has 1 fully saturated rings. The topological polar surface area (TPSA) is 89.0 Å². The van der Waals surface area contributed by atoms with Gasteiger partial charge in [-0.15, -0.1) is 0 Å². The van der Waals surface area contributed by atoms with E-state index in [-0.39, 0.29) is 24.8 Å². The van der Waals surface area contributed by atoms with Crippen LogP contribution in [-0.4, -0.2) is 73.4 Å². The number of carbonyl (C=O) groups excluding carboxylic acids is 1. The zero-order valence-corrected chi connectivity index (χ0v) is 19.6. The van der Waals surface area contributed by atoms with Gasteiger partial charge in [0.1, 0.15) is 15.4 Å². The number of pyridine rings is 1. The quantitative estimate of drug-likeness (QED) is 0.593. The van der Waals surface area contributed by atoms with Gasteiger partial charge in [0.15, 0.2) is 0 Å². The molecule has 158 valence electrons. The van der Waals surface area contributed by atoms with E-state index < -0.39 is 33.8 Å². The average molecular weight is 499 g/mol. The summed E-state index contributed by atoms with van der Waals surface area (Å²) in [6.45, 7) is 5.77. The second kappa shape index (κ2) is 8.83. The molecule has 1 amide bonds. The van der Waals surface area contributed by atoms with E-state index in [0.717, 1.165) is 6.26 Å². The lowest BCUT2D eigenvalue weighted by atomic mass is 9.97. The summed E-state index contributed by atoms with van der Waals surface area (Å²) in [5, 5.41) is 0.211. The number of aromatic nitrogens is 1. The highest BCUT2D eigenvalue weighted by atomic mass is 79.9. The van der Waals surface area contributed by atoms with Gasteiger partial charge in [0.2, 0.25) is 10.0 Å². The molecule has 0 N–H and O–H groups in total. The summed E-state index contributed by atoms with van der Waals surface area (Å²) in [4.78, 5) is 18.4. The van der Waals surface area contributed by atoms with E-state index in [1.807, 2.05) is 0 Å². The Morgan fingerprint density at radius 2 is 2.00 bits per heavy atom. The van der Waals surface area contributed by atoms with Crippen molar-refractivity contribution in [1.29, 1.82) is 0 Å². The first kappa shape index (κ1) is 23.3. The number of hydrogen-bond donors (Lipinski definition) is 0. The van der Waals surface area contributed by atoms with Crippen molar-refractivity contribution in [2.45, 2.75) is 38.5 Å². The molecule has 0 aromatic carbocycles. The molecule has 1 saturated heterocycles. The first-order valence-electron chi connectivity index (χ1n) is 8.62. The van der Waals surface area contributed by atoms with Crippen LogP contribution in [0.5, 0.6) is 0 Å². The first-order chi connectivity index (χ1) is 12.8. The summed E-state index contributed by atoms with van der Waals surface area (Å²) in [7, 11) is -2.07. The maximum Gasteiger partial charge on any atom is 0.410 e. The van der Waals surface area contributed by atoms with Crippen LogP contribution in [0, 0.1) is 0 Å². The first-order valence-corrected chi connectivity index (χ1v) is 11.6. The van der Waals surface area contributed by atoms with Crippen LogP contribution in [-0.2, 0) is 19.5 Å². The molecule has 0 radical (unpaired) electrons. The standard InChI is InChI=1S/C17H25BrClN3O5S/c1-17(2,3)27-16(23)21-6-7-22(28(5,24)25)15(12(21)10-26-4)11-8-13(18)20-14(19)9-11/h8-9,12,15H,6-7,10H2,1-5H3. The lowest BCUT2D eigenvalue weighted by Gasteiger charge is -2.46. The Bertz CT molecular complexity index is 810. The highest BCUT2D eigenvalue weighted by Gasteiger charge is 2.44. The molecular weight excluding hydrogens is 474 g/mol. The summed E-state index contributed by atoms with van der Waals surface area (Å²) >= 11 is 9.39. The van der Waals surface area contributed by atoms with Crippen LogP contribution in [0.2, 0.25) is 5.15 Å². The zero-order valence-electron chi connectivity index (χ0n) is 16.5. The van der Waals surface area contributed by atoms with Gasteiger partial charge in [-0.1, -0.05) is 11.6 Å². The molecular formula is C17H25BrClN3O5S. The van der Waals surface area contributed by atoms with Crippen molar-refractivity contribution in [3.05, 3.63) is 27.5 Å². The normalized spacial score (nSPS) is 21.6. The fraction of sp³-hybridized carbons (Fsp3) is 0.647. The average Bonchev–Trinajstić information content (AvgIpc) is 2.51. The number of halogens is 2. The molecule has 1 aliphatic heterocycles. The molecule has 2 atom stereocenters. The number of piperazine rings is 1. The van der Waals surface area contributed by atoms with Gasteiger partial charge in [0.05, 0.1) is 24.9 Å². The third-order valence-electron chi connectivity index (χ3n) is 4.15. The highest BCUT2D eigenvalue weighted by molar-refractivity contribution is 9.10. The van der Waals surface area contributed by atoms with E-state index in [1.54, 1.807) is 32.9 Å². The van der Waals surface area contributed by atoms with Crippen molar-refractivity contribution in [1.82, 2.24) is 14.2 Å². The maximum atomic E-state index is 12.8. The van der Waals surface area contributed by atoms with Crippen molar-refractivity contribution < 1.29 is 22.7 Å². The van der Waals surface area contributed by atoms with Crippen LogP contribution in [0.15, 0.2) is 16.7 Å². The monoisotopic (exact) mass is 497 g/mol. The molecule has 2 unspecified atom stereocenters. The van der Waals surface area contributed by atoms with Crippen LogP contribution in [0.25, 0.3) is 0 Å². The van der Waals surface area contributed by atoms with Gasteiger partial charge in [-0.3, -0.25) is 4.90 Å².